The molecule has 0 unspecified atom stereocenters. The van der Waals surface area contributed by atoms with Crippen molar-refractivity contribution in [3.63, 3.8) is 0 Å². The lowest BCUT2D eigenvalue weighted by atomic mass is 10.2. The standard InChI is InChI=1S/C15H19ClN4O/c1-10-18-19-14(20(10)2)9-21-15-11(4-3-5-13(15)16)8-17-12-6-7-12/h3-5,12,17H,6-9H2,1-2H3. The summed E-state index contributed by atoms with van der Waals surface area (Å²) in [5, 5.41) is 12.2. The Balaban J connectivity index is 1.72. The van der Waals surface area contributed by atoms with Crippen LogP contribution in [0.4, 0.5) is 0 Å². The summed E-state index contributed by atoms with van der Waals surface area (Å²) in [5.41, 5.74) is 1.08. The summed E-state index contributed by atoms with van der Waals surface area (Å²) < 4.78 is 7.82. The van der Waals surface area contributed by atoms with Crippen molar-refractivity contribution in [2.75, 3.05) is 0 Å². The van der Waals surface area contributed by atoms with E-state index in [1.54, 1.807) is 0 Å². The molecule has 1 aromatic carbocycles. The van der Waals surface area contributed by atoms with Gasteiger partial charge in [-0.1, -0.05) is 23.7 Å². The number of nitrogens with one attached hydrogen (secondary N) is 1. The number of benzene rings is 1. The summed E-state index contributed by atoms with van der Waals surface area (Å²) >= 11 is 6.28. The predicted octanol–water partition coefficient (Wildman–Crippen LogP) is 2.61. The number of hydrogen-bond acceptors (Lipinski definition) is 4. The largest absolute Gasteiger partial charge is 0.484 e. The molecule has 3 rings (SSSR count). The van der Waals surface area contributed by atoms with Gasteiger partial charge in [-0.3, -0.25) is 0 Å². The van der Waals surface area contributed by atoms with Crippen LogP contribution in [-0.2, 0) is 20.2 Å². The fourth-order valence-electron chi connectivity index (χ4n) is 2.11. The number of aromatic nitrogens is 3. The first-order valence-electron chi connectivity index (χ1n) is 7.13. The van der Waals surface area contributed by atoms with Crippen LogP contribution in [0.5, 0.6) is 5.75 Å². The highest BCUT2D eigenvalue weighted by Crippen LogP contribution is 2.30. The van der Waals surface area contributed by atoms with Crippen LogP contribution >= 0.6 is 11.6 Å². The Kier molecular flexibility index (Phi) is 4.12. The molecule has 1 aliphatic rings. The van der Waals surface area contributed by atoms with Gasteiger partial charge in [-0.05, 0) is 25.8 Å². The molecule has 0 spiro atoms. The highest BCUT2D eigenvalue weighted by Gasteiger charge is 2.21. The lowest BCUT2D eigenvalue weighted by Crippen LogP contribution is -2.16. The van der Waals surface area contributed by atoms with Gasteiger partial charge in [0.15, 0.2) is 5.82 Å². The molecule has 1 N–H and O–H groups in total. The third kappa shape index (κ3) is 3.36. The minimum atomic E-state index is 0.359. The van der Waals surface area contributed by atoms with Crippen molar-refractivity contribution in [1.82, 2.24) is 20.1 Å². The summed E-state index contributed by atoms with van der Waals surface area (Å²) in [5.74, 6) is 2.38. The minimum absolute atomic E-state index is 0.359. The van der Waals surface area contributed by atoms with Crippen molar-refractivity contribution in [3.8, 4) is 5.75 Å². The Hall–Kier alpha value is -1.59. The summed E-state index contributed by atoms with van der Waals surface area (Å²) in [6, 6.07) is 6.49. The van der Waals surface area contributed by atoms with Gasteiger partial charge < -0.3 is 14.6 Å². The number of ether oxygens (including phenoxy) is 1. The van der Waals surface area contributed by atoms with E-state index in [0.29, 0.717) is 17.7 Å². The van der Waals surface area contributed by atoms with Crippen molar-refractivity contribution >= 4 is 11.6 Å². The maximum Gasteiger partial charge on any atom is 0.170 e. The maximum atomic E-state index is 6.28. The Morgan fingerprint density at radius 2 is 2.19 bits per heavy atom. The number of aryl methyl sites for hydroxylation is 1. The summed E-state index contributed by atoms with van der Waals surface area (Å²) in [7, 11) is 1.93. The Morgan fingerprint density at radius 3 is 2.86 bits per heavy atom. The molecule has 0 bridgehead atoms. The number of hydrogen-bond donors (Lipinski definition) is 1. The highest BCUT2D eigenvalue weighted by molar-refractivity contribution is 6.32. The zero-order valence-electron chi connectivity index (χ0n) is 12.3. The lowest BCUT2D eigenvalue weighted by Gasteiger charge is -2.13. The third-order valence-electron chi connectivity index (χ3n) is 3.74. The molecule has 0 amide bonds. The Morgan fingerprint density at radius 1 is 1.38 bits per heavy atom. The number of rotatable bonds is 6. The van der Waals surface area contributed by atoms with E-state index in [1.165, 1.54) is 12.8 Å². The molecule has 21 heavy (non-hydrogen) atoms. The van der Waals surface area contributed by atoms with Crippen molar-refractivity contribution in [3.05, 3.63) is 40.4 Å². The van der Waals surface area contributed by atoms with Gasteiger partial charge >= 0.3 is 0 Å². The van der Waals surface area contributed by atoms with Gasteiger partial charge in [0.05, 0.1) is 5.02 Å². The molecular formula is C15H19ClN4O. The van der Waals surface area contributed by atoms with Gasteiger partial charge in [-0.25, -0.2) is 0 Å². The van der Waals surface area contributed by atoms with E-state index in [9.17, 15) is 0 Å². The molecule has 5 nitrogen and oxygen atoms in total. The number of nitrogens with zero attached hydrogens (tertiary/aromatic N) is 3. The first kappa shape index (κ1) is 14.4. The van der Waals surface area contributed by atoms with Crippen molar-refractivity contribution in [1.29, 1.82) is 0 Å². The van der Waals surface area contributed by atoms with Crippen molar-refractivity contribution in [2.45, 2.75) is 39.0 Å². The first-order valence-corrected chi connectivity index (χ1v) is 7.51. The average Bonchev–Trinajstić information content (AvgIpc) is 3.25. The fraction of sp³-hybridized carbons (Fsp3) is 0.467. The monoisotopic (exact) mass is 306 g/mol. The van der Waals surface area contributed by atoms with Crippen LogP contribution in [-0.4, -0.2) is 20.8 Å². The molecule has 1 heterocycles. The fourth-order valence-corrected chi connectivity index (χ4v) is 2.36. The van der Waals surface area contributed by atoms with Crippen LogP contribution in [0.15, 0.2) is 18.2 Å². The average molecular weight is 307 g/mol. The molecule has 0 aliphatic heterocycles. The molecule has 0 radical (unpaired) electrons. The minimum Gasteiger partial charge on any atom is -0.484 e. The van der Waals surface area contributed by atoms with E-state index in [1.807, 2.05) is 36.7 Å². The molecule has 1 saturated carbocycles. The van der Waals surface area contributed by atoms with E-state index in [2.05, 4.69) is 15.5 Å². The summed E-state index contributed by atoms with van der Waals surface area (Å²) in [6.07, 6.45) is 2.52. The second kappa shape index (κ2) is 6.03. The molecule has 0 saturated heterocycles. The van der Waals surface area contributed by atoms with E-state index < -0.39 is 0 Å². The van der Waals surface area contributed by atoms with Gasteiger partial charge in [0.25, 0.3) is 0 Å². The van der Waals surface area contributed by atoms with Gasteiger partial charge in [0.2, 0.25) is 0 Å². The topological polar surface area (TPSA) is 52.0 Å². The highest BCUT2D eigenvalue weighted by atomic mass is 35.5. The van der Waals surface area contributed by atoms with Gasteiger partial charge in [-0.15, -0.1) is 10.2 Å². The molecule has 1 aliphatic carbocycles. The van der Waals surface area contributed by atoms with Crippen LogP contribution < -0.4 is 10.1 Å². The van der Waals surface area contributed by atoms with Crippen LogP contribution in [0.25, 0.3) is 0 Å². The smallest absolute Gasteiger partial charge is 0.170 e. The molecular weight excluding hydrogens is 288 g/mol. The SMILES string of the molecule is Cc1nnc(COc2c(Cl)cccc2CNC2CC2)n1C. The molecule has 0 atom stereocenters. The van der Waals surface area contributed by atoms with Crippen LogP contribution in [0.2, 0.25) is 5.02 Å². The summed E-state index contributed by atoms with van der Waals surface area (Å²) in [4.78, 5) is 0. The van der Waals surface area contributed by atoms with E-state index in [-0.39, 0.29) is 0 Å². The Labute approximate surface area is 129 Å². The van der Waals surface area contributed by atoms with E-state index in [0.717, 1.165) is 29.5 Å². The molecule has 2 aromatic rings. The first-order chi connectivity index (χ1) is 10.1. The quantitative estimate of drug-likeness (QED) is 0.891. The van der Waals surface area contributed by atoms with Gasteiger partial charge in [0.1, 0.15) is 18.2 Å². The maximum absolute atomic E-state index is 6.28. The Bertz CT molecular complexity index is 637. The zero-order valence-corrected chi connectivity index (χ0v) is 13.0. The van der Waals surface area contributed by atoms with E-state index >= 15 is 0 Å². The third-order valence-corrected chi connectivity index (χ3v) is 4.03. The van der Waals surface area contributed by atoms with Gasteiger partial charge in [0, 0.05) is 25.2 Å². The molecule has 1 aromatic heterocycles. The van der Waals surface area contributed by atoms with E-state index in [4.69, 9.17) is 16.3 Å². The zero-order chi connectivity index (χ0) is 14.8. The second-order valence-electron chi connectivity index (χ2n) is 5.39. The van der Waals surface area contributed by atoms with Gasteiger partial charge in [-0.2, -0.15) is 0 Å². The summed E-state index contributed by atoms with van der Waals surface area (Å²) in [6.45, 7) is 3.05. The molecule has 112 valence electrons. The van der Waals surface area contributed by atoms with Crippen molar-refractivity contribution in [2.24, 2.45) is 7.05 Å². The normalized spacial score (nSPS) is 14.4. The molecule has 1 fully saturated rings. The van der Waals surface area contributed by atoms with Crippen LogP contribution in [0, 0.1) is 6.92 Å². The molecule has 6 heteroatoms. The second-order valence-corrected chi connectivity index (χ2v) is 5.80. The van der Waals surface area contributed by atoms with Crippen LogP contribution in [0.3, 0.4) is 0 Å². The van der Waals surface area contributed by atoms with Crippen molar-refractivity contribution < 1.29 is 4.74 Å². The number of para-hydroxylation sites is 1. The predicted molar refractivity (Wildman–Crippen MR) is 81.4 cm³/mol. The van der Waals surface area contributed by atoms with Crippen LogP contribution in [0.1, 0.15) is 30.1 Å². The lowest BCUT2D eigenvalue weighted by molar-refractivity contribution is 0.287. The number of halogens is 1.